The number of carbonyl (C=O) groups is 1. The Hall–Kier alpha value is -1.58. The minimum absolute atomic E-state index is 0.103. The molecule has 1 saturated carbocycles. The summed E-state index contributed by atoms with van der Waals surface area (Å²) in [6.07, 6.45) is 5.71. The van der Waals surface area contributed by atoms with E-state index >= 15 is 0 Å². The normalized spacial score (nSPS) is 24.5. The third kappa shape index (κ3) is 2.57. The van der Waals surface area contributed by atoms with E-state index in [0.717, 1.165) is 19.3 Å². The highest BCUT2D eigenvalue weighted by molar-refractivity contribution is 5.87. The van der Waals surface area contributed by atoms with Gasteiger partial charge in [0.2, 0.25) is 0 Å². The van der Waals surface area contributed by atoms with Crippen molar-refractivity contribution in [3.63, 3.8) is 0 Å². The summed E-state index contributed by atoms with van der Waals surface area (Å²) in [6, 6.07) is 2.88. The molecule has 0 aromatic carbocycles. The molecule has 1 aliphatic rings. The largest absolute Gasteiger partial charge is 0.478 e. The lowest BCUT2D eigenvalue weighted by molar-refractivity contribution is 0.0695. The van der Waals surface area contributed by atoms with Crippen LogP contribution in [0.2, 0.25) is 0 Å². The monoisotopic (exact) mass is 235 g/mol. The maximum absolute atomic E-state index is 11.8. The molecule has 1 aromatic rings. The zero-order valence-electron chi connectivity index (χ0n) is 9.93. The number of carboxylic acids is 1. The van der Waals surface area contributed by atoms with E-state index in [4.69, 9.17) is 5.11 Å². The van der Waals surface area contributed by atoms with Gasteiger partial charge in [-0.15, -0.1) is 0 Å². The second kappa shape index (κ2) is 4.73. The number of hydrogen-bond donors (Lipinski definition) is 1. The summed E-state index contributed by atoms with van der Waals surface area (Å²) in [5.74, 6) is -0.378. The van der Waals surface area contributed by atoms with E-state index in [2.05, 4.69) is 6.92 Å². The molecule has 0 bridgehead atoms. The number of nitrogens with zero attached hydrogens (tertiary/aromatic N) is 1. The summed E-state index contributed by atoms with van der Waals surface area (Å²) in [4.78, 5) is 22.7. The van der Waals surface area contributed by atoms with Crippen LogP contribution in [-0.4, -0.2) is 15.6 Å². The van der Waals surface area contributed by atoms with Crippen LogP contribution in [0.5, 0.6) is 0 Å². The first-order chi connectivity index (χ1) is 8.08. The fraction of sp³-hybridized carbons (Fsp3) is 0.538. The number of carboxylic acid groups (broad SMARTS) is 1. The second-order valence-corrected chi connectivity index (χ2v) is 4.89. The van der Waals surface area contributed by atoms with Crippen molar-refractivity contribution in [2.75, 3.05) is 0 Å². The van der Waals surface area contributed by atoms with Gasteiger partial charge in [-0.1, -0.05) is 19.8 Å². The number of aromatic carboxylic acids is 1. The molecule has 1 heterocycles. The first-order valence-corrected chi connectivity index (χ1v) is 6.03. The maximum Gasteiger partial charge on any atom is 0.337 e. The van der Waals surface area contributed by atoms with E-state index in [0.29, 0.717) is 5.92 Å². The fourth-order valence-corrected chi connectivity index (χ4v) is 2.57. The average Bonchev–Trinajstić information content (AvgIpc) is 2.29. The van der Waals surface area contributed by atoms with Gasteiger partial charge in [-0.05, 0) is 24.8 Å². The predicted molar refractivity (Wildman–Crippen MR) is 64.3 cm³/mol. The Kier molecular flexibility index (Phi) is 3.31. The second-order valence-electron chi connectivity index (χ2n) is 4.89. The zero-order valence-corrected chi connectivity index (χ0v) is 9.93. The summed E-state index contributed by atoms with van der Waals surface area (Å²) in [5, 5.41) is 8.94. The molecule has 17 heavy (non-hydrogen) atoms. The molecule has 4 heteroatoms. The molecule has 0 unspecified atom stereocenters. The molecule has 1 N–H and O–H groups in total. The van der Waals surface area contributed by atoms with Crippen LogP contribution in [0.25, 0.3) is 0 Å². The maximum atomic E-state index is 11.8. The number of hydrogen-bond acceptors (Lipinski definition) is 2. The Balaban J connectivity index is 2.33. The minimum Gasteiger partial charge on any atom is -0.478 e. The summed E-state index contributed by atoms with van der Waals surface area (Å²) < 4.78 is 1.60. The topological polar surface area (TPSA) is 59.3 Å². The van der Waals surface area contributed by atoms with Crippen molar-refractivity contribution in [2.24, 2.45) is 5.92 Å². The average molecular weight is 235 g/mol. The zero-order chi connectivity index (χ0) is 12.4. The predicted octanol–water partition coefficient (Wildman–Crippen LogP) is 2.30. The van der Waals surface area contributed by atoms with Crippen LogP contribution >= 0.6 is 0 Å². The molecule has 0 spiro atoms. The molecular formula is C13H17NO3. The molecule has 0 radical (unpaired) electrons. The number of pyridine rings is 1. The van der Waals surface area contributed by atoms with Gasteiger partial charge in [0.1, 0.15) is 0 Å². The summed E-state index contributed by atoms with van der Waals surface area (Å²) in [7, 11) is 0. The highest BCUT2D eigenvalue weighted by Gasteiger charge is 2.21. The third-order valence-electron chi connectivity index (χ3n) is 3.49. The SMILES string of the molecule is C[C@H]1CCC[C@H](n2cc(C(=O)O)ccc2=O)C1. The Bertz CT molecular complexity index is 478. The Morgan fingerprint density at radius 3 is 2.82 bits per heavy atom. The van der Waals surface area contributed by atoms with Gasteiger partial charge < -0.3 is 9.67 Å². The summed E-state index contributed by atoms with van der Waals surface area (Å²) in [6.45, 7) is 2.18. The molecule has 4 nitrogen and oxygen atoms in total. The van der Waals surface area contributed by atoms with E-state index in [1.807, 2.05) is 0 Å². The third-order valence-corrected chi connectivity index (χ3v) is 3.49. The van der Waals surface area contributed by atoms with E-state index in [1.165, 1.54) is 24.8 Å². The van der Waals surface area contributed by atoms with E-state index in [9.17, 15) is 9.59 Å². The van der Waals surface area contributed by atoms with Gasteiger partial charge in [0.05, 0.1) is 5.56 Å². The highest BCUT2D eigenvalue weighted by Crippen LogP contribution is 2.31. The molecule has 1 aliphatic carbocycles. The van der Waals surface area contributed by atoms with Gasteiger partial charge in [-0.3, -0.25) is 4.79 Å². The van der Waals surface area contributed by atoms with Gasteiger partial charge >= 0.3 is 5.97 Å². The number of rotatable bonds is 2. The first kappa shape index (κ1) is 11.9. The minimum atomic E-state index is -0.984. The first-order valence-electron chi connectivity index (χ1n) is 6.03. The molecule has 0 aliphatic heterocycles. The lowest BCUT2D eigenvalue weighted by Gasteiger charge is -2.28. The summed E-state index contributed by atoms with van der Waals surface area (Å²) >= 11 is 0. The van der Waals surface area contributed by atoms with E-state index in [1.54, 1.807) is 4.57 Å². The fourth-order valence-electron chi connectivity index (χ4n) is 2.57. The molecule has 0 saturated heterocycles. The molecule has 1 aromatic heterocycles. The van der Waals surface area contributed by atoms with Crippen LogP contribution in [0.15, 0.2) is 23.1 Å². The van der Waals surface area contributed by atoms with Crippen molar-refractivity contribution in [1.82, 2.24) is 4.57 Å². The van der Waals surface area contributed by atoms with E-state index in [-0.39, 0.29) is 17.2 Å². The van der Waals surface area contributed by atoms with Crippen LogP contribution in [0.1, 0.15) is 49.0 Å². The van der Waals surface area contributed by atoms with Crippen LogP contribution < -0.4 is 5.56 Å². The smallest absolute Gasteiger partial charge is 0.337 e. The summed E-state index contributed by atoms with van der Waals surface area (Å²) in [5.41, 5.74) is 0.0805. The molecule has 2 rings (SSSR count). The van der Waals surface area contributed by atoms with Crippen LogP contribution in [0, 0.1) is 5.92 Å². The Morgan fingerprint density at radius 2 is 2.18 bits per heavy atom. The number of aromatic nitrogens is 1. The van der Waals surface area contributed by atoms with Crippen molar-refractivity contribution in [2.45, 2.75) is 38.6 Å². The van der Waals surface area contributed by atoms with E-state index < -0.39 is 5.97 Å². The van der Waals surface area contributed by atoms with Gasteiger partial charge in [-0.2, -0.15) is 0 Å². The Labute approximate surface area is 99.9 Å². The van der Waals surface area contributed by atoms with Gasteiger partial charge in [0.25, 0.3) is 5.56 Å². The molecule has 92 valence electrons. The van der Waals surface area contributed by atoms with Crippen LogP contribution in [0.4, 0.5) is 0 Å². The highest BCUT2D eigenvalue weighted by atomic mass is 16.4. The lowest BCUT2D eigenvalue weighted by Crippen LogP contribution is -2.28. The van der Waals surface area contributed by atoms with Gasteiger partial charge in [0.15, 0.2) is 0 Å². The molecular weight excluding hydrogens is 218 g/mol. The van der Waals surface area contributed by atoms with Crippen molar-refractivity contribution in [3.05, 3.63) is 34.2 Å². The van der Waals surface area contributed by atoms with Crippen molar-refractivity contribution >= 4 is 5.97 Å². The van der Waals surface area contributed by atoms with Crippen LogP contribution in [-0.2, 0) is 0 Å². The molecule has 1 fully saturated rings. The molecule has 2 atom stereocenters. The van der Waals surface area contributed by atoms with Crippen LogP contribution in [0.3, 0.4) is 0 Å². The standard InChI is InChI=1S/C13H17NO3/c1-9-3-2-4-11(7-9)14-8-10(13(16)17)5-6-12(14)15/h5-6,8-9,11H,2-4,7H2,1H3,(H,16,17)/t9-,11-/m0/s1. The van der Waals surface area contributed by atoms with Gasteiger partial charge in [-0.25, -0.2) is 4.79 Å². The lowest BCUT2D eigenvalue weighted by atomic mass is 9.87. The van der Waals surface area contributed by atoms with Gasteiger partial charge in [0, 0.05) is 18.3 Å². The van der Waals surface area contributed by atoms with Crippen molar-refractivity contribution in [3.8, 4) is 0 Å². The van der Waals surface area contributed by atoms with Crippen molar-refractivity contribution < 1.29 is 9.90 Å². The quantitative estimate of drug-likeness (QED) is 0.855. The molecule has 0 amide bonds. The Morgan fingerprint density at radius 1 is 1.41 bits per heavy atom. The van der Waals surface area contributed by atoms with Crippen molar-refractivity contribution in [1.29, 1.82) is 0 Å².